The first-order chi connectivity index (χ1) is 15.1. The summed E-state index contributed by atoms with van der Waals surface area (Å²) in [5.74, 6) is 2.47. The van der Waals surface area contributed by atoms with Gasteiger partial charge in [0.05, 0.1) is 30.7 Å². The summed E-state index contributed by atoms with van der Waals surface area (Å²) in [6.07, 6.45) is 4.59. The molecule has 1 fully saturated rings. The number of carbonyl (C=O) groups is 1. The molecule has 6 heteroatoms. The van der Waals surface area contributed by atoms with Gasteiger partial charge in [-0.05, 0) is 49.1 Å². The summed E-state index contributed by atoms with van der Waals surface area (Å²) >= 11 is 0. The van der Waals surface area contributed by atoms with Gasteiger partial charge < -0.3 is 18.9 Å². The van der Waals surface area contributed by atoms with Crippen molar-refractivity contribution >= 4 is 16.9 Å². The lowest BCUT2D eigenvalue weighted by atomic mass is 10.1. The quantitative estimate of drug-likeness (QED) is 0.503. The molecule has 1 aromatic heterocycles. The number of rotatable bonds is 8. The molecule has 3 aromatic rings. The van der Waals surface area contributed by atoms with Gasteiger partial charge in [0.25, 0.3) is 0 Å². The molecule has 2 aromatic carbocycles. The van der Waals surface area contributed by atoms with Crippen molar-refractivity contribution in [2.24, 2.45) is 0 Å². The van der Waals surface area contributed by atoms with Crippen molar-refractivity contribution in [1.82, 2.24) is 14.5 Å². The number of benzene rings is 2. The number of likely N-dealkylation sites (tertiary alicyclic amines) is 1. The maximum absolute atomic E-state index is 12.1. The Labute approximate surface area is 183 Å². The topological polar surface area (TPSA) is 56.6 Å². The van der Waals surface area contributed by atoms with Crippen molar-refractivity contribution in [3.05, 3.63) is 66.5 Å². The number of hydrogen-bond donors (Lipinski definition) is 0. The lowest BCUT2D eigenvalue weighted by Crippen LogP contribution is -2.30. The summed E-state index contributed by atoms with van der Waals surface area (Å²) in [6, 6.07) is 14.1. The summed E-state index contributed by atoms with van der Waals surface area (Å²) in [4.78, 5) is 19.0. The molecule has 0 N–H and O–H groups in total. The predicted molar refractivity (Wildman–Crippen MR) is 121 cm³/mol. The number of para-hydroxylation sites is 2. The molecule has 1 amide bonds. The van der Waals surface area contributed by atoms with Crippen molar-refractivity contribution in [1.29, 1.82) is 0 Å². The second kappa shape index (κ2) is 9.25. The van der Waals surface area contributed by atoms with Gasteiger partial charge in [-0.25, -0.2) is 4.98 Å². The van der Waals surface area contributed by atoms with Gasteiger partial charge in [-0.2, -0.15) is 0 Å². The van der Waals surface area contributed by atoms with Crippen molar-refractivity contribution in [2.75, 3.05) is 20.3 Å². The lowest BCUT2D eigenvalue weighted by molar-refractivity contribution is -0.129. The van der Waals surface area contributed by atoms with Crippen LogP contribution in [0.4, 0.5) is 0 Å². The fourth-order valence-electron chi connectivity index (χ4n) is 4.37. The first-order valence-corrected chi connectivity index (χ1v) is 10.8. The van der Waals surface area contributed by atoms with Crippen molar-refractivity contribution < 1.29 is 14.3 Å². The van der Waals surface area contributed by atoms with E-state index in [0.29, 0.717) is 24.7 Å². The zero-order valence-electron chi connectivity index (χ0n) is 18.2. The molecule has 2 heterocycles. The van der Waals surface area contributed by atoms with Crippen LogP contribution >= 0.6 is 0 Å². The summed E-state index contributed by atoms with van der Waals surface area (Å²) in [6.45, 7) is 7.31. The number of hydrogen-bond acceptors (Lipinski definition) is 4. The van der Waals surface area contributed by atoms with E-state index in [9.17, 15) is 4.79 Å². The molecule has 1 aliphatic rings. The number of carbonyl (C=O) groups excluding carboxylic acids is 1. The van der Waals surface area contributed by atoms with Crippen LogP contribution in [0.3, 0.4) is 0 Å². The summed E-state index contributed by atoms with van der Waals surface area (Å²) in [5.41, 5.74) is 3.14. The number of imidazole rings is 1. The number of fused-ring (bicyclic) bond motifs is 1. The van der Waals surface area contributed by atoms with E-state index in [1.165, 1.54) is 0 Å². The third-order valence-corrected chi connectivity index (χ3v) is 5.82. The smallest absolute Gasteiger partial charge is 0.220 e. The zero-order chi connectivity index (χ0) is 21.8. The van der Waals surface area contributed by atoms with E-state index < -0.39 is 0 Å². The third-order valence-electron chi connectivity index (χ3n) is 5.82. The van der Waals surface area contributed by atoms with Crippen LogP contribution in [-0.4, -0.2) is 40.6 Å². The maximum Gasteiger partial charge on any atom is 0.220 e. The van der Waals surface area contributed by atoms with Gasteiger partial charge >= 0.3 is 0 Å². The molecule has 1 aliphatic heterocycles. The largest absolute Gasteiger partial charge is 0.493 e. The van der Waals surface area contributed by atoms with Gasteiger partial charge in [-0.3, -0.25) is 4.79 Å². The number of nitrogens with zero attached hydrogens (tertiary/aromatic N) is 3. The van der Waals surface area contributed by atoms with E-state index in [0.717, 1.165) is 48.2 Å². The third kappa shape index (κ3) is 4.29. The highest BCUT2D eigenvalue weighted by molar-refractivity contribution is 5.77. The Balaban J connectivity index is 1.57. The van der Waals surface area contributed by atoms with Crippen LogP contribution < -0.4 is 9.47 Å². The highest BCUT2D eigenvalue weighted by atomic mass is 16.5. The molecule has 0 saturated carbocycles. The molecule has 0 bridgehead atoms. The molecule has 1 atom stereocenters. The molecule has 6 nitrogen and oxygen atoms in total. The fourth-order valence-corrected chi connectivity index (χ4v) is 4.37. The van der Waals surface area contributed by atoms with Crippen molar-refractivity contribution in [3.8, 4) is 11.5 Å². The van der Waals surface area contributed by atoms with E-state index in [1.54, 1.807) is 14.0 Å². The molecule has 0 spiro atoms. The SMILES string of the molecule is C=CCc1ccc(OCCn2c([C@@H]3CCCN3C(C)=O)nc3ccccc32)c(OC)c1. The first kappa shape index (κ1) is 21.0. The van der Waals surface area contributed by atoms with E-state index in [2.05, 4.69) is 17.2 Å². The van der Waals surface area contributed by atoms with Crippen LogP contribution in [0, 0.1) is 0 Å². The molecule has 0 radical (unpaired) electrons. The molecule has 162 valence electrons. The van der Waals surface area contributed by atoms with Gasteiger partial charge in [0.1, 0.15) is 12.4 Å². The lowest BCUT2D eigenvalue weighted by Gasteiger charge is -2.24. The van der Waals surface area contributed by atoms with Gasteiger partial charge in [-0.1, -0.05) is 24.3 Å². The van der Waals surface area contributed by atoms with E-state index in [1.807, 2.05) is 47.4 Å². The maximum atomic E-state index is 12.1. The van der Waals surface area contributed by atoms with Crippen molar-refractivity contribution in [3.63, 3.8) is 0 Å². The molecule has 4 rings (SSSR count). The standard InChI is InChI=1S/C25H29N3O3/c1-4-8-19-12-13-23(24(17-19)30-3)31-16-15-28-21-10-6-5-9-20(21)26-25(28)22-11-7-14-27(22)18(2)29/h4-6,9-10,12-13,17,22H,1,7-8,11,14-16H2,2-3H3/t22-/m0/s1. The van der Waals surface area contributed by atoms with Crippen LogP contribution in [0.2, 0.25) is 0 Å². The van der Waals surface area contributed by atoms with E-state index >= 15 is 0 Å². The first-order valence-electron chi connectivity index (χ1n) is 10.8. The van der Waals surface area contributed by atoms with Gasteiger partial charge in [0.2, 0.25) is 5.91 Å². The average Bonchev–Trinajstić information content (AvgIpc) is 3.40. The average molecular weight is 420 g/mol. The van der Waals surface area contributed by atoms with Crippen LogP contribution in [0.15, 0.2) is 55.1 Å². The highest BCUT2D eigenvalue weighted by Gasteiger charge is 2.32. The Hall–Kier alpha value is -3.28. The molecule has 0 aliphatic carbocycles. The molecular formula is C25H29N3O3. The van der Waals surface area contributed by atoms with E-state index in [-0.39, 0.29) is 11.9 Å². The number of aromatic nitrogens is 2. The van der Waals surface area contributed by atoms with Crippen LogP contribution in [0.5, 0.6) is 11.5 Å². The Bertz CT molecular complexity index is 1090. The van der Waals surface area contributed by atoms with Gasteiger partial charge in [-0.15, -0.1) is 6.58 Å². The summed E-state index contributed by atoms with van der Waals surface area (Å²) < 4.78 is 13.8. The minimum absolute atomic E-state index is 0.0117. The van der Waals surface area contributed by atoms with E-state index in [4.69, 9.17) is 14.5 Å². The van der Waals surface area contributed by atoms with Gasteiger partial charge in [0.15, 0.2) is 11.5 Å². The predicted octanol–water partition coefficient (Wildman–Crippen LogP) is 4.54. The van der Waals surface area contributed by atoms with Gasteiger partial charge in [0, 0.05) is 13.5 Å². The zero-order valence-corrected chi connectivity index (χ0v) is 18.2. The summed E-state index contributed by atoms with van der Waals surface area (Å²) in [7, 11) is 1.65. The molecule has 0 unspecified atom stereocenters. The minimum Gasteiger partial charge on any atom is -0.493 e. The van der Waals surface area contributed by atoms with Crippen LogP contribution in [0.1, 0.15) is 37.2 Å². The Morgan fingerprint density at radius 2 is 2.10 bits per heavy atom. The second-order valence-electron chi connectivity index (χ2n) is 7.81. The molecule has 31 heavy (non-hydrogen) atoms. The van der Waals surface area contributed by atoms with Crippen LogP contribution in [-0.2, 0) is 17.8 Å². The minimum atomic E-state index is 0.0117. The number of methoxy groups -OCH3 is 1. The monoisotopic (exact) mass is 419 g/mol. The number of allylic oxidation sites excluding steroid dienone is 1. The molecular weight excluding hydrogens is 390 g/mol. The second-order valence-corrected chi connectivity index (χ2v) is 7.81. The number of ether oxygens (including phenoxy) is 2. The summed E-state index contributed by atoms with van der Waals surface area (Å²) in [5, 5.41) is 0. The highest BCUT2D eigenvalue weighted by Crippen LogP contribution is 2.34. The normalized spacial score (nSPS) is 15.9. The Kier molecular flexibility index (Phi) is 6.26. The van der Waals surface area contributed by atoms with Crippen LogP contribution in [0.25, 0.3) is 11.0 Å². The Morgan fingerprint density at radius 3 is 2.87 bits per heavy atom. The number of amides is 1. The van der Waals surface area contributed by atoms with Crippen molar-refractivity contribution in [2.45, 2.75) is 38.8 Å². The molecule has 1 saturated heterocycles. The Morgan fingerprint density at radius 1 is 1.26 bits per heavy atom. The fraction of sp³-hybridized carbons (Fsp3) is 0.360.